The van der Waals surface area contributed by atoms with E-state index in [0.29, 0.717) is 32.1 Å². The molecule has 1 atom stereocenters. The van der Waals surface area contributed by atoms with Gasteiger partial charge in [-0.05, 0) is 31.9 Å². The molecular formula is C17H24N2O5S. The van der Waals surface area contributed by atoms with Crippen LogP contribution in [-0.4, -0.2) is 58.1 Å². The Labute approximate surface area is 148 Å². The van der Waals surface area contributed by atoms with Crippen molar-refractivity contribution in [3.63, 3.8) is 0 Å². The molecule has 0 amide bonds. The number of carbonyl (C=O) groups is 1. The first kappa shape index (κ1) is 18.0. The summed E-state index contributed by atoms with van der Waals surface area (Å²) in [6, 6.07) is 4.81. The molecule has 0 aromatic heterocycles. The van der Waals surface area contributed by atoms with Crippen molar-refractivity contribution in [1.29, 1.82) is 0 Å². The molecule has 7 nitrogen and oxygen atoms in total. The second-order valence-electron chi connectivity index (χ2n) is 6.33. The minimum Gasteiger partial charge on any atom is -0.489 e. The molecule has 0 radical (unpaired) electrons. The molecule has 0 saturated carbocycles. The summed E-state index contributed by atoms with van der Waals surface area (Å²) in [5.41, 5.74) is 0.779. The van der Waals surface area contributed by atoms with Crippen molar-refractivity contribution < 1.29 is 22.7 Å². The third kappa shape index (κ3) is 3.59. The zero-order chi connectivity index (χ0) is 18.0. The van der Waals surface area contributed by atoms with E-state index >= 15 is 0 Å². The average Bonchev–Trinajstić information content (AvgIpc) is 3.13. The highest BCUT2D eigenvalue weighted by molar-refractivity contribution is 7.89. The van der Waals surface area contributed by atoms with Gasteiger partial charge in [0.1, 0.15) is 12.4 Å². The Bertz CT molecular complexity index is 743. The molecule has 8 heteroatoms. The number of benzene rings is 1. The van der Waals surface area contributed by atoms with Crippen LogP contribution in [0.1, 0.15) is 26.2 Å². The first-order chi connectivity index (χ1) is 11.9. The Hall–Kier alpha value is -1.80. The molecule has 1 aromatic rings. The topological polar surface area (TPSA) is 76.1 Å². The average molecular weight is 368 g/mol. The smallest absolute Gasteiger partial charge is 0.307 e. The van der Waals surface area contributed by atoms with Gasteiger partial charge in [0.05, 0.1) is 29.7 Å². The number of esters is 1. The maximum Gasteiger partial charge on any atom is 0.307 e. The van der Waals surface area contributed by atoms with Gasteiger partial charge in [-0.1, -0.05) is 0 Å². The van der Waals surface area contributed by atoms with E-state index in [9.17, 15) is 13.2 Å². The van der Waals surface area contributed by atoms with Crippen molar-refractivity contribution in [2.45, 2.75) is 37.1 Å². The minimum absolute atomic E-state index is 0.132. The summed E-state index contributed by atoms with van der Waals surface area (Å²) in [5.74, 6) is 0.266. The number of sulfonamides is 1. The van der Waals surface area contributed by atoms with Crippen LogP contribution in [0.25, 0.3) is 0 Å². The highest BCUT2D eigenvalue weighted by atomic mass is 32.2. The van der Waals surface area contributed by atoms with Crippen molar-refractivity contribution in [1.82, 2.24) is 4.31 Å². The Balaban J connectivity index is 1.80. The quantitative estimate of drug-likeness (QED) is 0.735. The number of nitrogens with zero attached hydrogens (tertiary/aromatic N) is 2. The fraction of sp³-hybridized carbons (Fsp3) is 0.588. The lowest BCUT2D eigenvalue weighted by atomic mass is 10.1. The van der Waals surface area contributed by atoms with Gasteiger partial charge in [-0.2, -0.15) is 4.31 Å². The van der Waals surface area contributed by atoms with E-state index in [4.69, 9.17) is 9.47 Å². The van der Waals surface area contributed by atoms with Gasteiger partial charge in [0, 0.05) is 26.2 Å². The van der Waals surface area contributed by atoms with E-state index in [1.54, 1.807) is 25.1 Å². The van der Waals surface area contributed by atoms with Gasteiger partial charge >= 0.3 is 5.97 Å². The maximum absolute atomic E-state index is 12.7. The normalized spacial score (nSPS) is 20.9. The number of ether oxygens (including phenoxy) is 2. The number of hydrogen-bond acceptors (Lipinski definition) is 6. The van der Waals surface area contributed by atoms with Gasteiger partial charge < -0.3 is 14.4 Å². The molecule has 138 valence electrons. The summed E-state index contributed by atoms with van der Waals surface area (Å²) >= 11 is 0. The number of rotatable bonds is 5. The van der Waals surface area contributed by atoms with Gasteiger partial charge in [0.2, 0.25) is 10.0 Å². The third-order valence-corrected chi connectivity index (χ3v) is 6.60. The van der Waals surface area contributed by atoms with Crippen LogP contribution < -0.4 is 9.64 Å². The molecule has 3 rings (SSSR count). The van der Waals surface area contributed by atoms with Gasteiger partial charge in [-0.15, -0.1) is 0 Å². The Morgan fingerprint density at radius 2 is 2.04 bits per heavy atom. The lowest BCUT2D eigenvalue weighted by Gasteiger charge is -2.35. The largest absolute Gasteiger partial charge is 0.489 e. The molecule has 0 N–H and O–H groups in total. The second kappa shape index (κ2) is 7.21. The lowest BCUT2D eigenvalue weighted by Crippen LogP contribution is -2.42. The number of likely N-dealkylation sites (N-methyl/N-ethyl adjacent to an activating group) is 1. The summed E-state index contributed by atoms with van der Waals surface area (Å²) in [5, 5.41) is 0. The number of anilines is 1. The Kier molecular flexibility index (Phi) is 5.19. The fourth-order valence-electron chi connectivity index (χ4n) is 3.24. The van der Waals surface area contributed by atoms with E-state index in [0.717, 1.165) is 18.5 Å². The van der Waals surface area contributed by atoms with Crippen LogP contribution in [0.15, 0.2) is 23.1 Å². The standard InChI is InChI=1S/C17H24N2O5S/c1-3-23-17(20)10-13-12-24-16-11-14(6-7-15(16)18(13)2)25(21,22)19-8-4-5-9-19/h6-7,11,13H,3-5,8-10,12H2,1-2H3/t13-/m1/s1. The molecule has 1 aromatic carbocycles. The summed E-state index contributed by atoms with van der Waals surface area (Å²) in [6.45, 7) is 3.58. The number of hydrogen-bond donors (Lipinski definition) is 0. The second-order valence-corrected chi connectivity index (χ2v) is 8.26. The zero-order valence-electron chi connectivity index (χ0n) is 14.6. The highest BCUT2D eigenvalue weighted by Gasteiger charge is 2.31. The SMILES string of the molecule is CCOC(=O)C[C@@H]1COc2cc(S(=O)(=O)N3CCCC3)ccc2N1C. The van der Waals surface area contributed by atoms with Crippen LogP contribution in [0.2, 0.25) is 0 Å². The van der Waals surface area contributed by atoms with Gasteiger partial charge in [-0.25, -0.2) is 8.42 Å². The molecule has 25 heavy (non-hydrogen) atoms. The first-order valence-corrected chi connectivity index (χ1v) is 10.0. The minimum atomic E-state index is -3.47. The van der Waals surface area contributed by atoms with Crippen molar-refractivity contribution in [3.8, 4) is 5.75 Å². The summed E-state index contributed by atoms with van der Waals surface area (Å²) in [7, 11) is -1.59. The fourth-order valence-corrected chi connectivity index (χ4v) is 4.78. The van der Waals surface area contributed by atoms with E-state index in [1.807, 2.05) is 11.9 Å². The molecule has 1 fully saturated rings. The molecule has 0 bridgehead atoms. The first-order valence-electron chi connectivity index (χ1n) is 8.59. The van der Waals surface area contributed by atoms with Crippen molar-refractivity contribution in [3.05, 3.63) is 18.2 Å². The van der Waals surface area contributed by atoms with Crippen LogP contribution in [0.4, 0.5) is 5.69 Å². The predicted octanol–water partition coefficient (Wildman–Crippen LogP) is 1.62. The summed E-state index contributed by atoms with van der Waals surface area (Å²) in [4.78, 5) is 13.9. The van der Waals surface area contributed by atoms with Crippen molar-refractivity contribution in [2.75, 3.05) is 38.3 Å². The highest BCUT2D eigenvalue weighted by Crippen LogP contribution is 2.36. The molecule has 2 heterocycles. The van der Waals surface area contributed by atoms with E-state index in [2.05, 4.69) is 0 Å². The maximum atomic E-state index is 12.7. The van der Waals surface area contributed by atoms with E-state index in [1.165, 1.54) is 4.31 Å². The molecule has 2 aliphatic rings. The predicted molar refractivity (Wildman–Crippen MR) is 93.4 cm³/mol. The Morgan fingerprint density at radius 1 is 1.32 bits per heavy atom. The van der Waals surface area contributed by atoms with Crippen molar-refractivity contribution >= 4 is 21.7 Å². The van der Waals surface area contributed by atoms with Crippen LogP contribution in [0.5, 0.6) is 5.75 Å². The van der Waals surface area contributed by atoms with Crippen LogP contribution in [-0.2, 0) is 19.6 Å². The molecule has 0 unspecified atom stereocenters. The summed E-state index contributed by atoms with van der Waals surface area (Å²) < 4.78 is 37.6. The van der Waals surface area contributed by atoms with Crippen LogP contribution in [0.3, 0.4) is 0 Å². The Morgan fingerprint density at radius 3 is 2.72 bits per heavy atom. The third-order valence-electron chi connectivity index (χ3n) is 4.70. The molecule has 0 aliphatic carbocycles. The van der Waals surface area contributed by atoms with E-state index in [-0.39, 0.29) is 23.3 Å². The van der Waals surface area contributed by atoms with Crippen LogP contribution in [0, 0.1) is 0 Å². The van der Waals surface area contributed by atoms with E-state index < -0.39 is 10.0 Å². The van der Waals surface area contributed by atoms with Gasteiger partial charge in [0.25, 0.3) is 0 Å². The lowest BCUT2D eigenvalue weighted by molar-refractivity contribution is -0.143. The van der Waals surface area contributed by atoms with Crippen LogP contribution >= 0.6 is 0 Å². The molecule has 1 saturated heterocycles. The number of carbonyl (C=O) groups excluding carboxylic acids is 1. The van der Waals surface area contributed by atoms with Gasteiger partial charge in [0.15, 0.2) is 0 Å². The molecule has 0 spiro atoms. The molecular weight excluding hydrogens is 344 g/mol. The van der Waals surface area contributed by atoms with Crippen molar-refractivity contribution in [2.24, 2.45) is 0 Å². The molecule has 2 aliphatic heterocycles. The van der Waals surface area contributed by atoms with Gasteiger partial charge in [-0.3, -0.25) is 4.79 Å². The summed E-state index contributed by atoms with van der Waals surface area (Å²) in [6.07, 6.45) is 2.04. The number of fused-ring (bicyclic) bond motifs is 1. The monoisotopic (exact) mass is 368 g/mol. The zero-order valence-corrected chi connectivity index (χ0v) is 15.4.